The Labute approximate surface area is 117 Å². The van der Waals surface area contributed by atoms with Gasteiger partial charge in [-0.3, -0.25) is 4.31 Å². The second-order valence-electron chi connectivity index (χ2n) is 4.57. The third-order valence-corrected chi connectivity index (χ3v) is 4.30. The first-order chi connectivity index (χ1) is 9.32. The molecule has 106 valence electrons. The van der Waals surface area contributed by atoms with E-state index in [9.17, 15) is 13.2 Å². The number of benzene rings is 2. The molecule has 1 unspecified atom stereocenters. The zero-order valence-corrected chi connectivity index (χ0v) is 12.0. The van der Waals surface area contributed by atoms with Gasteiger partial charge in [0.25, 0.3) is 0 Å². The Morgan fingerprint density at radius 1 is 1.15 bits per heavy atom. The summed E-state index contributed by atoms with van der Waals surface area (Å²) in [5.74, 6) is -1.19. The van der Waals surface area contributed by atoms with Crippen molar-refractivity contribution in [2.75, 3.05) is 10.6 Å². The Hall–Kier alpha value is -2.08. The average molecular weight is 293 g/mol. The number of fused-ring (bicyclic) bond motifs is 1. The Morgan fingerprint density at radius 3 is 2.35 bits per heavy atom. The summed E-state index contributed by atoms with van der Waals surface area (Å²) in [4.78, 5) is 11.2. The SMILES string of the molecule is CC(C(=O)O)N(c1cccc2ccccc12)S(C)(=O)=O. The van der Waals surface area contributed by atoms with Gasteiger partial charge in [0.05, 0.1) is 11.9 Å². The van der Waals surface area contributed by atoms with Gasteiger partial charge >= 0.3 is 5.97 Å². The number of rotatable bonds is 4. The van der Waals surface area contributed by atoms with Crippen molar-refractivity contribution in [2.24, 2.45) is 0 Å². The first kappa shape index (κ1) is 14.3. The lowest BCUT2D eigenvalue weighted by atomic mass is 10.1. The average Bonchev–Trinajstić information content (AvgIpc) is 2.37. The van der Waals surface area contributed by atoms with Crippen LogP contribution in [0.3, 0.4) is 0 Å². The molecule has 2 aromatic rings. The number of hydrogen-bond donors (Lipinski definition) is 1. The predicted molar refractivity (Wildman–Crippen MR) is 78.4 cm³/mol. The van der Waals surface area contributed by atoms with E-state index in [2.05, 4.69) is 0 Å². The van der Waals surface area contributed by atoms with Crippen LogP contribution in [0, 0.1) is 0 Å². The molecule has 0 aliphatic rings. The first-order valence-corrected chi connectivity index (χ1v) is 7.87. The van der Waals surface area contributed by atoms with E-state index in [1.807, 2.05) is 18.2 Å². The molecule has 6 heteroatoms. The minimum Gasteiger partial charge on any atom is -0.480 e. The third-order valence-electron chi connectivity index (χ3n) is 3.07. The molecule has 0 heterocycles. The monoisotopic (exact) mass is 293 g/mol. The van der Waals surface area contributed by atoms with Crippen LogP contribution in [-0.2, 0) is 14.8 Å². The molecule has 0 spiro atoms. The van der Waals surface area contributed by atoms with Gasteiger partial charge in [-0.1, -0.05) is 36.4 Å². The topological polar surface area (TPSA) is 74.7 Å². The zero-order chi connectivity index (χ0) is 14.9. The lowest BCUT2D eigenvalue weighted by molar-refractivity contribution is -0.137. The Morgan fingerprint density at radius 2 is 1.75 bits per heavy atom. The minimum atomic E-state index is -3.70. The van der Waals surface area contributed by atoms with Crippen molar-refractivity contribution in [3.63, 3.8) is 0 Å². The maximum Gasteiger partial charge on any atom is 0.327 e. The van der Waals surface area contributed by atoms with Crippen LogP contribution in [0.2, 0.25) is 0 Å². The number of carboxylic acids is 1. The molecular formula is C14H15NO4S. The highest BCUT2D eigenvalue weighted by molar-refractivity contribution is 7.92. The van der Waals surface area contributed by atoms with Crippen molar-refractivity contribution in [1.82, 2.24) is 0 Å². The van der Waals surface area contributed by atoms with Crippen LogP contribution >= 0.6 is 0 Å². The highest BCUT2D eigenvalue weighted by Gasteiger charge is 2.29. The van der Waals surface area contributed by atoms with E-state index in [0.29, 0.717) is 11.1 Å². The fourth-order valence-corrected chi connectivity index (χ4v) is 3.36. The predicted octanol–water partition coefficient (Wildman–Crippen LogP) is 2.08. The van der Waals surface area contributed by atoms with Crippen LogP contribution in [0.5, 0.6) is 0 Å². The van der Waals surface area contributed by atoms with Crippen molar-refractivity contribution in [3.8, 4) is 0 Å². The van der Waals surface area contributed by atoms with Crippen LogP contribution in [0.15, 0.2) is 42.5 Å². The summed E-state index contributed by atoms with van der Waals surface area (Å²) in [6.45, 7) is 1.35. The van der Waals surface area contributed by atoms with Gasteiger partial charge in [0, 0.05) is 5.39 Å². The molecule has 0 aliphatic heterocycles. The number of carboxylic acid groups (broad SMARTS) is 1. The Balaban J connectivity index is 2.73. The summed E-state index contributed by atoms with van der Waals surface area (Å²) in [6, 6.07) is 11.3. The second-order valence-corrected chi connectivity index (χ2v) is 6.43. The van der Waals surface area contributed by atoms with Gasteiger partial charge in [0.1, 0.15) is 6.04 Å². The largest absolute Gasteiger partial charge is 0.480 e. The number of nitrogens with zero attached hydrogens (tertiary/aromatic N) is 1. The summed E-state index contributed by atoms with van der Waals surface area (Å²) < 4.78 is 24.9. The number of sulfonamides is 1. The molecule has 2 aromatic carbocycles. The molecule has 0 aliphatic carbocycles. The van der Waals surface area contributed by atoms with E-state index in [1.54, 1.807) is 24.3 Å². The summed E-state index contributed by atoms with van der Waals surface area (Å²) in [5.41, 5.74) is 0.375. The Kier molecular flexibility index (Phi) is 3.67. The molecule has 0 fully saturated rings. The van der Waals surface area contributed by atoms with Crippen molar-refractivity contribution in [2.45, 2.75) is 13.0 Å². The maximum atomic E-state index is 12.0. The van der Waals surface area contributed by atoms with Gasteiger partial charge in [0.2, 0.25) is 10.0 Å². The molecule has 0 amide bonds. The van der Waals surface area contributed by atoms with Crippen molar-refractivity contribution in [1.29, 1.82) is 0 Å². The minimum absolute atomic E-state index is 0.375. The Bertz CT molecular complexity index is 749. The summed E-state index contributed by atoms with van der Waals surface area (Å²) in [5, 5.41) is 10.7. The summed E-state index contributed by atoms with van der Waals surface area (Å²) >= 11 is 0. The zero-order valence-electron chi connectivity index (χ0n) is 11.1. The molecule has 20 heavy (non-hydrogen) atoms. The standard InChI is InChI=1S/C14H15NO4S/c1-10(14(16)17)15(20(2,18)19)13-9-5-7-11-6-3-4-8-12(11)13/h3-10H,1-2H3,(H,16,17). The first-order valence-electron chi connectivity index (χ1n) is 6.02. The smallest absolute Gasteiger partial charge is 0.327 e. The van der Waals surface area contributed by atoms with Crippen LogP contribution in [-0.4, -0.2) is 31.8 Å². The highest BCUT2D eigenvalue weighted by Crippen LogP contribution is 2.29. The molecule has 0 bridgehead atoms. The normalized spacial score (nSPS) is 13.1. The number of anilines is 1. The summed E-state index contributed by atoms with van der Waals surface area (Å²) in [6.07, 6.45) is 1.01. The fourth-order valence-electron chi connectivity index (χ4n) is 2.18. The van der Waals surface area contributed by atoms with Crippen LogP contribution in [0.25, 0.3) is 10.8 Å². The van der Waals surface area contributed by atoms with Gasteiger partial charge < -0.3 is 5.11 Å². The highest BCUT2D eigenvalue weighted by atomic mass is 32.2. The lowest BCUT2D eigenvalue weighted by Crippen LogP contribution is -2.42. The van der Waals surface area contributed by atoms with Crippen LogP contribution in [0.1, 0.15) is 6.92 Å². The van der Waals surface area contributed by atoms with Crippen LogP contribution < -0.4 is 4.31 Å². The molecular weight excluding hydrogens is 278 g/mol. The summed E-state index contributed by atoms with van der Waals surface area (Å²) in [7, 11) is -3.70. The van der Waals surface area contributed by atoms with Gasteiger partial charge in [0.15, 0.2) is 0 Å². The molecule has 0 saturated heterocycles. The number of hydrogen-bond acceptors (Lipinski definition) is 3. The van der Waals surface area contributed by atoms with Gasteiger partial charge in [-0.25, -0.2) is 13.2 Å². The molecule has 0 aromatic heterocycles. The molecule has 0 saturated carbocycles. The van der Waals surface area contributed by atoms with E-state index in [1.165, 1.54) is 6.92 Å². The lowest BCUT2D eigenvalue weighted by Gasteiger charge is -2.27. The van der Waals surface area contributed by atoms with E-state index < -0.39 is 22.0 Å². The third kappa shape index (κ3) is 2.60. The molecule has 1 atom stereocenters. The van der Waals surface area contributed by atoms with E-state index in [0.717, 1.165) is 15.9 Å². The second kappa shape index (κ2) is 5.13. The van der Waals surface area contributed by atoms with E-state index in [-0.39, 0.29) is 0 Å². The van der Waals surface area contributed by atoms with Gasteiger partial charge in [-0.15, -0.1) is 0 Å². The molecule has 1 N–H and O–H groups in total. The van der Waals surface area contributed by atoms with Gasteiger partial charge in [-0.05, 0) is 18.4 Å². The van der Waals surface area contributed by atoms with Crippen molar-refractivity contribution >= 4 is 32.5 Å². The number of carbonyl (C=O) groups is 1. The maximum absolute atomic E-state index is 12.0. The molecule has 5 nitrogen and oxygen atoms in total. The quantitative estimate of drug-likeness (QED) is 0.936. The van der Waals surface area contributed by atoms with Crippen molar-refractivity contribution < 1.29 is 18.3 Å². The van der Waals surface area contributed by atoms with Crippen LogP contribution in [0.4, 0.5) is 5.69 Å². The van der Waals surface area contributed by atoms with E-state index in [4.69, 9.17) is 5.11 Å². The van der Waals surface area contributed by atoms with Crippen molar-refractivity contribution in [3.05, 3.63) is 42.5 Å². The molecule has 0 radical (unpaired) electrons. The molecule has 2 rings (SSSR count). The number of aliphatic carboxylic acids is 1. The fraction of sp³-hybridized carbons (Fsp3) is 0.214. The van der Waals surface area contributed by atoms with Gasteiger partial charge in [-0.2, -0.15) is 0 Å². The van der Waals surface area contributed by atoms with E-state index >= 15 is 0 Å².